The normalized spacial score (nSPS) is 10.7. The number of carbonyl (C=O) groups is 1. The summed E-state index contributed by atoms with van der Waals surface area (Å²) in [5.74, 6) is 0.939. The van der Waals surface area contributed by atoms with Gasteiger partial charge in [0, 0.05) is 24.1 Å². The van der Waals surface area contributed by atoms with Crippen LogP contribution < -0.4 is 5.32 Å². The Kier molecular flexibility index (Phi) is 5.68. The topological polar surface area (TPSA) is 68.0 Å². The van der Waals surface area contributed by atoms with E-state index in [4.69, 9.17) is 16.1 Å². The summed E-state index contributed by atoms with van der Waals surface area (Å²) in [5.41, 5.74) is 3.75. The van der Waals surface area contributed by atoms with Gasteiger partial charge in [-0.1, -0.05) is 41.0 Å². The van der Waals surface area contributed by atoms with Crippen molar-refractivity contribution in [3.63, 3.8) is 0 Å². The lowest BCUT2D eigenvalue weighted by Gasteiger charge is -2.08. The molecule has 0 aliphatic carbocycles. The highest BCUT2D eigenvalue weighted by Crippen LogP contribution is 2.25. The van der Waals surface area contributed by atoms with Gasteiger partial charge in [0.15, 0.2) is 0 Å². The maximum Gasteiger partial charge on any atom is 0.226 e. The number of aryl methyl sites for hydroxylation is 3. The van der Waals surface area contributed by atoms with Gasteiger partial charge < -0.3 is 9.84 Å². The van der Waals surface area contributed by atoms with Crippen LogP contribution >= 0.6 is 11.6 Å². The van der Waals surface area contributed by atoms with Crippen molar-refractivity contribution in [3.8, 4) is 11.4 Å². The minimum Gasteiger partial charge on any atom is -0.339 e. The van der Waals surface area contributed by atoms with Gasteiger partial charge in [0.1, 0.15) is 0 Å². The zero-order valence-corrected chi connectivity index (χ0v) is 15.5. The van der Waals surface area contributed by atoms with Crippen molar-refractivity contribution in [3.05, 3.63) is 64.5 Å². The van der Waals surface area contributed by atoms with Crippen molar-refractivity contribution in [1.29, 1.82) is 0 Å². The Hall–Kier alpha value is -2.66. The number of halogens is 1. The van der Waals surface area contributed by atoms with Crippen LogP contribution in [0.25, 0.3) is 11.4 Å². The smallest absolute Gasteiger partial charge is 0.226 e. The van der Waals surface area contributed by atoms with Crippen LogP contribution in [0.2, 0.25) is 5.02 Å². The minimum absolute atomic E-state index is 0.0236. The molecule has 3 aromatic rings. The van der Waals surface area contributed by atoms with Gasteiger partial charge in [-0.15, -0.1) is 0 Å². The molecule has 1 N–H and O–H groups in total. The van der Waals surface area contributed by atoms with Crippen LogP contribution in [0.15, 0.2) is 47.0 Å². The lowest BCUT2D eigenvalue weighted by molar-refractivity contribution is -0.116. The van der Waals surface area contributed by atoms with Crippen molar-refractivity contribution in [2.45, 2.75) is 33.1 Å². The van der Waals surface area contributed by atoms with E-state index in [0.29, 0.717) is 36.0 Å². The van der Waals surface area contributed by atoms with E-state index in [1.807, 2.05) is 50.2 Å². The first-order valence-electron chi connectivity index (χ1n) is 8.47. The predicted octanol–water partition coefficient (Wildman–Crippen LogP) is 4.97. The first-order valence-corrected chi connectivity index (χ1v) is 8.85. The second-order valence-electron chi connectivity index (χ2n) is 6.21. The first kappa shape index (κ1) is 18.1. The maximum atomic E-state index is 12.1. The monoisotopic (exact) mass is 369 g/mol. The number of hydrogen-bond acceptors (Lipinski definition) is 4. The largest absolute Gasteiger partial charge is 0.339 e. The van der Waals surface area contributed by atoms with Crippen LogP contribution in [-0.4, -0.2) is 16.0 Å². The average molecular weight is 370 g/mol. The number of carbonyl (C=O) groups excluding carboxylic acids is 1. The molecule has 26 heavy (non-hydrogen) atoms. The summed E-state index contributed by atoms with van der Waals surface area (Å²) >= 11 is 6.14. The van der Waals surface area contributed by atoms with Crippen LogP contribution in [-0.2, 0) is 11.2 Å². The maximum absolute atomic E-state index is 12.1. The highest BCUT2D eigenvalue weighted by molar-refractivity contribution is 6.33. The molecule has 1 amide bonds. The molecule has 5 nitrogen and oxygen atoms in total. The summed E-state index contributed by atoms with van der Waals surface area (Å²) in [6.45, 7) is 3.98. The molecule has 1 heterocycles. The molecule has 0 fully saturated rings. The Balaban J connectivity index is 1.53. The van der Waals surface area contributed by atoms with Gasteiger partial charge in [-0.25, -0.2) is 0 Å². The van der Waals surface area contributed by atoms with E-state index in [1.165, 1.54) is 0 Å². The number of rotatable bonds is 6. The summed E-state index contributed by atoms with van der Waals surface area (Å²) in [6.07, 6.45) is 1.55. The number of hydrogen-bond donors (Lipinski definition) is 1. The van der Waals surface area contributed by atoms with Crippen LogP contribution in [0.3, 0.4) is 0 Å². The van der Waals surface area contributed by atoms with Gasteiger partial charge in [-0.05, 0) is 49.6 Å². The van der Waals surface area contributed by atoms with Crippen molar-refractivity contribution in [2.24, 2.45) is 0 Å². The van der Waals surface area contributed by atoms with E-state index in [1.54, 1.807) is 6.07 Å². The van der Waals surface area contributed by atoms with E-state index in [0.717, 1.165) is 22.4 Å². The summed E-state index contributed by atoms with van der Waals surface area (Å²) in [4.78, 5) is 16.5. The van der Waals surface area contributed by atoms with E-state index in [2.05, 4.69) is 15.5 Å². The average Bonchev–Trinajstić information content (AvgIpc) is 3.07. The first-order chi connectivity index (χ1) is 12.5. The molecule has 1 aromatic heterocycles. The van der Waals surface area contributed by atoms with Crippen molar-refractivity contribution >= 4 is 23.2 Å². The molecule has 0 radical (unpaired) electrons. The molecule has 2 aromatic carbocycles. The van der Waals surface area contributed by atoms with Gasteiger partial charge >= 0.3 is 0 Å². The van der Waals surface area contributed by atoms with Gasteiger partial charge in [-0.2, -0.15) is 4.98 Å². The zero-order chi connectivity index (χ0) is 18.5. The van der Waals surface area contributed by atoms with Crippen molar-refractivity contribution < 1.29 is 9.32 Å². The number of nitrogens with zero attached hydrogens (tertiary/aromatic N) is 2. The Labute approximate surface area is 157 Å². The van der Waals surface area contributed by atoms with Crippen molar-refractivity contribution in [1.82, 2.24) is 10.1 Å². The molecule has 6 heteroatoms. The van der Waals surface area contributed by atoms with Crippen LogP contribution in [0, 0.1) is 13.8 Å². The highest BCUT2D eigenvalue weighted by atomic mass is 35.5. The SMILES string of the molecule is Cc1ccc(C)c(NC(=O)CCCc2nc(-c3ccccc3Cl)no2)c1. The van der Waals surface area contributed by atoms with Gasteiger partial charge in [0.2, 0.25) is 17.6 Å². The number of anilines is 1. The summed E-state index contributed by atoms with van der Waals surface area (Å²) in [6, 6.07) is 13.3. The number of benzene rings is 2. The minimum atomic E-state index is -0.0236. The third-order valence-electron chi connectivity index (χ3n) is 4.04. The molecular formula is C20H20ClN3O2. The quantitative estimate of drug-likeness (QED) is 0.666. The summed E-state index contributed by atoms with van der Waals surface area (Å²) in [7, 11) is 0. The zero-order valence-electron chi connectivity index (χ0n) is 14.8. The van der Waals surface area contributed by atoms with Crippen molar-refractivity contribution in [2.75, 3.05) is 5.32 Å². The second kappa shape index (κ2) is 8.15. The predicted molar refractivity (Wildman–Crippen MR) is 102 cm³/mol. The van der Waals surface area contributed by atoms with Crippen LogP contribution in [0.5, 0.6) is 0 Å². The number of nitrogens with one attached hydrogen (secondary N) is 1. The molecule has 0 saturated heterocycles. The molecule has 0 spiro atoms. The van der Waals surface area contributed by atoms with E-state index >= 15 is 0 Å². The fourth-order valence-electron chi connectivity index (χ4n) is 2.59. The Morgan fingerprint density at radius 1 is 1.19 bits per heavy atom. The van der Waals surface area contributed by atoms with Crippen LogP contribution in [0.4, 0.5) is 5.69 Å². The number of amides is 1. The third kappa shape index (κ3) is 4.49. The third-order valence-corrected chi connectivity index (χ3v) is 4.37. The molecule has 0 saturated carbocycles. The van der Waals surface area contributed by atoms with Crippen LogP contribution in [0.1, 0.15) is 29.9 Å². The Morgan fingerprint density at radius 3 is 2.81 bits per heavy atom. The standard InChI is InChI=1S/C20H20ClN3O2/c1-13-10-11-14(2)17(12-13)22-18(25)8-5-9-19-23-20(24-26-19)15-6-3-4-7-16(15)21/h3-4,6-7,10-12H,5,8-9H2,1-2H3,(H,22,25). The molecule has 0 aliphatic heterocycles. The van der Waals surface area contributed by atoms with E-state index in [9.17, 15) is 4.79 Å². The lowest BCUT2D eigenvalue weighted by atomic mass is 10.1. The van der Waals surface area contributed by atoms with E-state index in [-0.39, 0.29) is 5.91 Å². The molecule has 0 bridgehead atoms. The Morgan fingerprint density at radius 2 is 2.00 bits per heavy atom. The molecule has 3 rings (SSSR count). The lowest BCUT2D eigenvalue weighted by Crippen LogP contribution is -2.12. The fraction of sp³-hybridized carbons (Fsp3) is 0.250. The second-order valence-corrected chi connectivity index (χ2v) is 6.62. The molecule has 0 unspecified atom stereocenters. The summed E-state index contributed by atoms with van der Waals surface area (Å²) < 4.78 is 5.26. The molecular weight excluding hydrogens is 350 g/mol. The molecule has 0 atom stereocenters. The summed E-state index contributed by atoms with van der Waals surface area (Å²) in [5, 5.41) is 7.49. The van der Waals surface area contributed by atoms with Gasteiger partial charge in [0.05, 0.1) is 5.02 Å². The Bertz CT molecular complexity index is 921. The molecule has 134 valence electrons. The number of aromatic nitrogens is 2. The molecule has 0 aliphatic rings. The highest BCUT2D eigenvalue weighted by Gasteiger charge is 2.12. The fourth-order valence-corrected chi connectivity index (χ4v) is 2.81. The van der Waals surface area contributed by atoms with E-state index < -0.39 is 0 Å². The van der Waals surface area contributed by atoms with Gasteiger partial charge in [-0.3, -0.25) is 4.79 Å². The van der Waals surface area contributed by atoms with Gasteiger partial charge in [0.25, 0.3) is 0 Å².